The maximum absolute atomic E-state index is 12.2. The Bertz CT molecular complexity index is 473. The summed E-state index contributed by atoms with van der Waals surface area (Å²) in [5, 5.41) is 3.04. The third-order valence-electron chi connectivity index (χ3n) is 3.95. The molecule has 1 N–H and O–H groups in total. The van der Waals surface area contributed by atoms with Crippen molar-refractivity contribution in [2.24, 2.45) is 11.8 Å². The van der Waals surface area contributed by atoms with E-state index < -0.39 is 0 Å². The second kappa shape index (κ2) is 7.57. The van der Waals surface area contributed by atoms with Gasteiger partial charge in [-0.05, 0) is 30.0 Å². The summed E-state index contributed by atoms with van der Waals surface area (Å²) in [6.07, 6.45) is 1.28. The van der Waals surface area contributed by atoms with E-state index in [4.69, 9.17) is 9.47 Å². The van der Waals surface area contributed by atoms with E-state index in [-0.39, 0.29) is 12.0 Å². The largest absolute Gasteiger partial charge is 0.380 e. The smallest absolute Gasteiger partial charge is 0.251 e. The minimum absolute atomic E-state index is 0.0256. The van der Waals surface area contributed by atoms with Crippen LogP contribution in [0.5, 0.6) is 0 Å². The fourth-order valence-electron chi connectivity index (χ4n) is 2.91. The Morgan fingerprint density at radius 2 is 2.29 bits per heavy atom. The van der Waals surface area contributed by atoms with Gasteiger partial charge < -0.3 is 14.8 Å². The van der Waals surface area contributed by atoms with E-state index in [1.165, 1.54) is 0 Å². The van der Waals surface area contributed by atoms with Crippen LogP contribution in [0.1, 0.15) is 36.2 Å². The second-order valence-electron chi connectivity index (χ2n) is 5.97. The summed E-state index contributed by atoms with van der Waals surface area (Å²) in [6.45, 7) is 6.33. The number of hydrogen-bond acceptors (Lipinski definition) is 3. The number of amides is 1. The average molecular weight is 291 g/mol. The number of rotatable bonds is 6. The molecule has 2 atom stereocenters. The number of nitrogens with one attached hydrogen (secondary N) is 1. The number of carbonyl (C=O) groups is 1. The average Bonchev–Trinajstić information content (AvgIpc) is 2.94. The third-order valence-corrected chi connectivity index (χ3v) is 3.95. The minimum Gasteiger partial charge on any atom is -0.380 e. The van der Waals surface area contributed by atoms with E-state index in [2.05, 4.69) is 19.2 Å². The summed E-state index contributed by atoms with van der Waals surface area (Å²) in [6, 6.07) is 7.56. The normalized spacial score (nSPS) is 21.7. The predicted molar refractivity (Wildman–Crippen MR) is 82.2 cm³/mol. The van der Waals surface area contributed by atoms with Gasteiger partial charge in [-0.1, -0.05) is 26.0 Å². The number of hydrogen-bond donors (Lipinski definition) is 1. The van der Waals surface area contributed by atoms with Crippen LogP contribution >= 0.6 is 0 Å². The van der Waals surface area contributed by atoms with E-state index in [1.807, 2.05) is 24.3 Å². The van der Waals surface area contributed by atoms with E-state index in [0.29, 0.717) is 30.6 Å². The van der Waals surface area contributed by atoms with Gasteiger partial charge in [0, 0.05) is 31.7 Å². The summed E-state index contributed by atoms with van der Waals surface area (Å²) in [4.78, 5) is 12.2. The molecule has 0 aromatic heterocycles. The Hall–Kier alpha value is -1.39. The van der Waals surface area contributed by atoms with Crippen LogP contribution in [0.3, 0.4) is 0 Å². The van der Waals surface area contributed by atoms with Crippen LogP contribution in [0.2, 0.25) is 0 Å². The molecule has 1 heterocycles. The first kappa shape index (κ1) is 16.0. The molecular weight excluding hydrogens is 266 g/mol. The highest BCUT2D eigenvalue weighted by molar-refractivity contribution is 5.94. The van der Waals surface area contributed by atoms with Crippen LogP contribution in [0.4, 0.5) is 0 Å². The zero-order chi connectivity index (χ0) is 15.2. The molecule has 1 aliphatic rings. The quantitative estimate of drug-likeness (QED) is 0.876. The lowest BCUT2D eigenvalue weighted by molar-refractivity contribution is 0.0533. The Kier molecular flexibility index (Phi) is 5.76. The first-order valence-electron chi connectivity index (χ1n) is 7.59. The van der Waals surface area contributed by atoms with Crippen molar-refractivity contribution in [1.82, 2.24) is 5.32 Å². The second-order valence-corrected chi connectivity index (χ2v) is 5.97. The summed E-state index contributed by atoms with van der Waals surface area (Å²) >= 11 is 0. The molecular formula is C17H25NO3. The summed E-state index contributed by atoms with van der Waals surface area (Å²) in [5.41, 5.74) is 1.69. The lowest BCUT2D eigenvalue weighted by Crippen LogP contribution is -2.34. The number of ether oxygens (including phenoxy) is 2. The molecule has 1 saturated heterocycles. The zero-order valence-electron chi connectivity index (χ0n) is 13.1. The topological polar surface area (TPSA) is 47.6 Å². The van der Waals surface area contributed by atoms with Crippen LogP contribution in [0.15, 0.2) is 24.3 Å². The van der Waals surface area contributed by atoms with Crippen LogP contribution in [0.25, 0.3) is 0 Å². The van der Waals surface area contributed by atoms with Crippen LogP contribution in [-0.2, 0) is 16.1 Å². The van der Waals surface area contributed by atoms with Crippen LogP contribution in [-0.4, -0.2) is 32.3 Å². The fourth-order valence-corrected chi connectivity index (χ4v) is 2.91. The van der Waals surface area contributed by atoms with Gasteiger partial charge in [-0.15, -0.1) is 0 Å². The zero-order valence-corrected chi connectivity index (χ0v) is 13.1. The van der Waals surface area contributed by atoms with Crippen molar-refractivity contribution in [2.45, 2.75) is 33.0 Å². The van der Waals surface area contributed by atoms with Crippen molar-refractivity contribution in [2.75, 3.05) is 20.3 Å². The lowest BCUT2D eigenvalue weighted by Gasteiger charge is -2.22. The standard InChI is InChI=1S/C17H25NO3/c1-12(2)16-15(7-8-21-16)10-18-17(19)14-6-4-5-13(9-14)11-20-3/h4-6,9,12,15-16H,7-8,10-11H2,1-3H3,(H,18,19)/t15-,16-/m1/s1. The molecule has 0 unspecified atom stereocenters. The molecule has 1 amide bonds. The van der Waals surface area contributed by atoms with Crippen LogP contribution in [0, 0.1) is 11.8 Å². The van der Waals surface area contributed by atoms with E-state index in [9.17, 15) is 4.79 Å². The molecule has 4 nitrogen and oxygen atoms in total. The molecule has 21 heavy (non-hydrogen) atoms. The van der Waals surface area contributed by atoms with Crippen molar-refractivity contribution in [3.05, 3.63) is 35.4 Å². The fraction of sp³-hybridized carbons (Fsp3) is 0.588. The molecule has 0 spiro atoms. The van der Waals surface area contributed by atoms with Crippen LogP contribution < -0.4 is 5.32 Å². The Morgan fingerprint density at radius 3 is 3.00 bits per heavy atom. The van der Waals surface area contributed by atoms with Gasteiger partial charge >= 0.3 is 0 Å². The molecule has 0 radical (unpaired) electrons. The maximum Gasteiger partial charge on any atom is 0.251 e. The third kappa shape index (κ3) is 4.29. The highest BCUT2D eigenvalue weighted by atomic mass is 16.5. The molecule has 4 heteroatoms. The number of methoxy groups -OCH3 is 1. The van der Waals surface area contributed by atoms with Crippen molar-refractivity contribution in [1.29, 1.82) is 0 Å². The lowest BCUT2D eigenvalue weighted by atomic mass is 9.93. The van der Waals surface area contributed by atoms with Gasteiger partial charge in [-0.2, -0.15) is 0 Å². The molecule has 0 saturated carbocycles. The molecule has 1 aromatic rings. The van der Waals surface area contributed by atoms with Crippen molar-refractivity contribution >= 4 is 5.91 Å². The molecule has 2 rings (SSSR count). The Balaban J connectivity index is 1.91. The van der Waals surface area contributed by atoms with Gasteiger partial charge in [-0.25, -0.2) is 0 Å². The van der Waals surface area contributed by atoms with Crippen molar-refractivity contribution in [3.63, 3.8) is 0 Å². The van der Waals surface area contributed by atoms with Crippen molar-refractivity contribution in [3.8, 4) is 0 Å². The number of benzene rings is 1. The van der Waals surface area contributed by atoms with E-state index in [0.717, 1.165) is 18.6 Å². The van der Waals surface area contributed by atoms with E-state index in [1.54, 1.807) is 7.11 Å². The van der Waals surface area contributed by atoms with E-state index >= 15 is 0 Å². The summed E-state index contributed by atoms with van der Waals surface area (Å²) in [7, 11) is 1.65. The van der Waals surface area contributed by atoms with Gasteiger partial charge in [0.1, 0.15) is 0 Å². The Morgan fingerprint density at radius 1 is 1.48 bits per heavy atom. The SMILES string of the molecule is COCc1cccc(C(=O)NC[C@H]2CCO[C@@H]2C(C)C)c1. The highest BCUT2D eigenvalue weighted by Crippen LogP contribution is 2.26. The van der Waals surface area contributed by atoms with Gasteiger partial charge in [-0.3, -0.25) is 4.79 Å². The minimum atomic E-state index is -0.0256. The summed E-state index contributed by atoms with van der Waals surface area (Å²) < 4.78 is 10.8. The predicted octanol–water partition coefficient (Wildman–Crippen LogP) is 2.62. The highest BCUT2D eigenvalue weighted by Gasteiger charge is 2.30. The van der Waals surface area contributed by atoms with Gasteiger partial charge in [0.15, 0.2) is 0 Å². The molecule has 1 aliphatic heterocycles. The first-order chi connectivity index (χ1) is 10.1. The molecule has 1 fully saturated rings. The molecule has 0 bridgehead atoms. The maximum atomic E-state index is 12.2. The monoisotopic (exact) mass is 291 g/mol. The molecule has 116 valence electrons. The number of carbonyl (C=O) groups excluding carboxylic acids is 1. The van der Waals surface area contributed by atoms with Crippen molar-refractivity contribution < 1.29 is 14.3 Å². The van der Waals surface area contributed by atoms with Gasteiger partial charge in [0.05, 0.1) is 12.7 Å². The molecule has 0 aliphatic carbocycles. The van der Waals surface area contributed by atoms with Gasteiger partial charge in [0.25, 0.3) is 5.91 Å². The van der Waals surface area contributed by atoms with Gasteiger partial charge in [0.2, 0.25) is 0 Å². The Labute approximate surface area is 126 Å². The first-order valence-corrected chi connectivity index (χ1v) is 7.59. The summed E-state index contributed by atoms with van der Waals surface area (Å²) in [5.74, 6) is 0.873. The molecule has 1 aromatic carbocycles.